The summed E-state index contributed by atoms with van der Waals surface area (Å²) in [5.74, 6) is -4.05. The summed E-state index contributed by atoms with van der Waals surface area (Å²) < 4.78 is 50.1. The van der Waals surface area contributed by atoms with Gasteiger partial charge in [0.05, 0.1) is 17.6 Å². The van der Waals surface area contributed by atoms with Crippen molar-refractivity contribution in [1.29, 1.82) is 0 Å². The third-order valence-corrected chi connectivity index (χ3v) is 6.49. The zero-order valence-corrected chi connectivity index (χ0v) is 17.5. The minimum Gasteiger partial charge on any atom is -0.391 e. The number of alkyl halides is 1. The highest BCUT2D eigenvalue weighted by Crippen LogP contribution is 2.61. The zero-order valence-electron chi connectivity index (χ0n) is 14.9. The van der Waals surface area contributed by atoms with Gasteiger partial charge in [0.2, 0.25) is 0 Å². The lowest BCUT2D eigenvalue weighted by Crippen LogP contribution is -2.60. The van der Waals surface area contributed by atoms with E-state index in [9.17, 15) is 34.1 Å². The molecule has 7 N–H and O–H groups in total. The summed E-state index contributed by atoms with van der Waals surface area (Å²) >= 11 is 4.83. The van der Waals surface area contributed by atoms with E-state index in [1.54, 1.807) is 0 Å². The molecule has 14 nitrogen and oxygen atoms in total. The highest BCUT2D eigenvalue weighted by atomic mass is 32.1. The molecule has 166 valence electrons. The van der Waals surface area contributed by atoms with Crippen LogP contribution in [0, 0.1) is 4.77 Å². The molecule has 1 aromatic rings. The van der Waals surface area contributed by atoms with Gasteiger partial charge in [0, 0.05) is 6.20 Å². The molecule has 0 amide bonds. The molecule has 1 aliphatic rings. The molecular formula is C10H12B3FN2O12P2S. The molecule has 1 fully saturated rings. The summed E-state index contributed by atoms with van der Waals surface area (Å²) in [6, 6.07) is 0. The van der Waals surface area contributed by atoms with Crippen molar-refractivity contribution in [2.24, 2.45) is 0 Å². The van der Waals surface area contributed by atoms with Gasteiger partial charge in [-0.2, -0.15) is 4.31 Å². The van der Waals surface area contributed by atoms with Crippen LogP contribution in [0.2, 0.25) is 0 Å². The maximum atomic E-state index is 15.5. The summed E-state index contributed by atoms with van der Waals surface area (Å²) in [6.45, 7) is -0.866. The Morgan fingerprint density at radius 1 is 1.32 bits per heavy atom. The molecule has 0 spiro atoms. The Morgan fingerprint density at radius 2 is 1.87 bits per heavy atom. The molecule has 21 heteroatoms. The van der Waals surface area contributed by atoms with Gasteiger partial charge in [0.1, 0.15) is 41.4 Å². The molecule has 0 bridgehead atoms. The van der Waals surface area contributed by atoms with Crippen molar-refractivity contribution in [2.75, 3.05) is 0 Å². The molecule has 1 unspecified atom stereocenters. The molecule has 31 heavy (non-hydrogen) atoms. The highest BCUT2D eigenvalue weighted by Gasteiger charge is 2.68. The fourth-order valence-corrected chi connectivity index (χ4v) is 4.58. The second-order valence-corrected chi connectivity index (χ2v) is 9.40. The average Bonchev–Trinajstić information content (AvgIpc) is 2.74. The molecule has 6 radical (unpaired) electrons. The number of aliphatic hydroxyl groups is 3. The number of aromatic amines is 1. The molecule has 2 rings (SSSR count). The van der Waals surface area contributed by atoms with Crippen molar-refractivity contribution in [2.45, 2.75) is 35.7 Å². The van der Waals surface area contributed by atoms with Gasteiger partial charge in [-0.25, -0.2) is 13.5 Å². The van der Waals surface area contributed by atoms with Crippen molar-refractivity contribution >= 4 is 51.4 Å². The van der Waals surface area contributed by atoms with Crippen molar-refractivity contribution in [1.82, 2.24) is 9.55 Å². The van der Waals surface area contributed by atoms with Crippen LogP contribution < -0.4 is 5.56 Å². The third-order valence-electron chi connectivity index (χ3n) is 3.99. The lowest BCUT2D eigenvalue weighted by molar-refractivity contribution is -0.239. The van der Waals surface area contributed by atoms with Gasteiger partial charge in [-0.15, -0.1) is 0 Å². The fraction of sp³-hybridized carbons (Fsp3) is 0.600. The Kier molecular flexibility index (Phi) is 7.09. The van der Waals surface area contributed by atoms with Gasteiger partial charge < -0.3 is 39.3 Å². The lowest BCUT2D eigenvalue weighted by atomic mass is 9.59. The topological polar surface area (TPSA) is 221 Å². The van der Waals surface area contributed by atoms with E-state index in [-0.39, 0.29) is 0 Å². The van der Waals surface area contributed by atoms with Crippen LogP contribution in [0.25, 0.3) is 0 Å². The Labute approximate surface area is 181 Å². The lowest BCUT2D eigenvalue weighted by Gasteiger charge is -2.41. The molecule has 5 atom stereocenters. The number of H-pyrrole nitrogens is 1. The second kappa shape index (κ2) is 8.27. The normalized spacial score (nSPS) is 31.5. The summed E-state index contributed by atoms with van der Waals surface area (Å²) in [5, 5.41) is 25.9. The standard InChI is InChI=1S/C10H12B3FN2O12P2S/c11-9(16-1-3(2-17)6(20)15-7(16)31)5(19)4(18)8(14,26-9)10(12,13)27-30(24,25)28-29(21,22)23/h1,4-5,17-19H,2H2,(H,24,25)(H,15,20,31)(H2,21,22,23)/t4-,5+,8-,9-/m0/s1. The van der Waals surface area contributed by atoms with E-state index in [4.69, 9.17) is 50.3 Å². The number of phosphoric acid groups is 2. The SMILES string of the molecule is [B]C([B])(OP(=O)(O)OP(=O)(O)O)[C@@]1(F)O[C@@]([B])(n2cc(CO)c(=O)[nH]c2=S)[C@H](O)[C@@H]1O. The number of rotatable bonds is 7. The maximum Gasteiger partial charge on any atom is 0.480 e. The van der Waals surface area contributed by atoms with Crippen LogP contribution in [0.4, 0.5) is 4.39 Å². The van der Waals surface area contributed by atoms with Gasteiger partial charge in [0.15, 0.2) is 4.77 Å². The Bertz CT molecular complexity index is 1080. The van der Waals surface area contributed by atoms with E-state index >= 15 is 4.39 Å². The van der Waals surface area contributed by atoms with Crippen LogP contribution in [-0.4, -0.2) is 86.6 Å². The summed E-state index contributed by atoms with van der Waals surface area (Å²) in [6.07, 6.45) is -4.60. The van der Waals surface area contributed by atoms with Gasteiger partial charge in [-0.05, 0) is 12.2 Å². The smallest absolute Gasteiger partial charge is 0.391 e. The summed E-state index contributed by atoms with van der Waals surface area (Å²) in [7, 11) is 4.75. The minimum atomic E-state index is -5.89. The molecule has 1 saturated heterocycles. The molecule has 0 saturated carbocycles. The van der Waals surface area contributed by atoms with E-state index < -0.39 is 67.2 Å². The van der Waals surface area contributed by atoms with Crippen molar-refractivity contribution in [3.05, 3.63) is 26.9 Å². The van der Waals surface area contributed by atoms with Gasteiger partial charge in [-0.1, -0.05) is 0 Å². The van der Waals surface area contributed by atoms with Crippen LogP contribution in [-0.2, 0) is 34.9 Å². The first-order chi connectivity index (χ1) is 13.8. The van der Waals surface area contributed by atoms with E-state index in [1.165, 1.54) is 0 Å². The summed E-state index contributed by atoms with van der Waals surface area (Å²) in [4.78, 5) is 40.3. The first kappa shape index (κ1) is 26.6. The van der Waals surface area contributed by atoms with Crippen molar-refractivity contribution < 1.29 is 57.1 Å². The number of ether oxygens (including phenoxy) is 1. The van der Waals surface area contributed by atoms with E-state index in [0.717, 1.165) is 6.20 Å². The second-order valence-electron chi connectivity index (χ2n) is 6.26. The van der Waals surface area contributed by atoms with Crippen LogP contribution in [0.1, 0.15) is 5.56 Å². The van der Waals surface area contributed by atoms with Crippen molar-refractivity contribution in [3.63, 3.8) is 0 Å². The Hall–Kier alpha value is -0.675. The number of hydrogen-bond donors (Lipinski definition) is 7. The first-order valence-electron chi connectivity index (χ1n) is 7.68. The van der Waals surface area contributed by atoms with Crippen molar-refractivity contribution in [3.8, 4) is 0 Å². The maximum absolute atomic E-state index is 15.5. The van der Waals surface area contributed by atoms with Gasteiger partial charge in [0.25, 0.3) is 11.4 Å². The summed E-state index contributed by atoms with van der Waals surface area (Å²) in [5.41, 5.74) is -4.17. The predicted molar refractivity (Wildman–Crippen MR) is 101 cm³/mol. The molecule has 1 aromatic heterocycles. The minimum absolute atomic E-state index is 0.391. The molecule has 0 aliphatic carbocycles. The fourth-order valence-electron chi connectivity index (χ4n) is 2.58. The predicted octanol–water partition coefficient (Wildman–Crippen LogP) is -3.19. The van der Waals surface area contributed by atoms with Gasteiger partial charge >= 0.3 is 15.6 Å². The first-order valence-corrected chi connectivity index (χ1v) is 11.1. The van der Waals surface area contributed by atoms with Crippen LogP contribution >= 0.6 is 27.9 Å². The third kappa shape index (κ3) is 4.98. The van der Waals surface area contributed by atoms with E-state index in [2.05, 4.69) is 8.83 Å². The average molecular weight is 498 g/mol. The monoisotopic (exact) mass is 498 g/mol. The quantitative estimate of drug-likeness (QED) is 0.112. The largest absolute Gasteiger partial charge is 0.480 e. The number of nitrogens with one attached hydrogen (secondary N) is 1. The zero-order chi connectivity index (χ0) is 24.2. The number of halogens is 1. The number of aromatic nitrogens is 2. The molecule has 0 aromatic carbocycles. The van der Waals surface area contributed by atoms with Crippen LogP contribution in [0.5, 0.6) is 0 Å². The number of aliphatic hydroxyl groups excluding tert-OH is 3. The Morgan fingerprint density at radius 3 is 2.35 bits per heavy atom. The molecule has 2 heterocycles. The number of hydrogen-bond acceptors (Lipinski definition) is 10. The van der Waals surface area contributed by atoms with Gasteiger partial charge in [-0.3, -0.25) is 14.3 Å². The molecular weight excluding hydrogens is 486 g/mol. The molecule has 1 aliphatic heterocycles. The number of nitrogens with zero attached hydrogens (tertiary/aromatic N) is 1. The highest BCUT2D eigenvalue weighted by molar-refractivity contribution is 7.71. The van der Waals surface area contributed by atoms with E-state index in [1.807, 2.05) is 4.98 Å². The Balaban J connectivity index is 2.53. The number of phosphoric ester groups is 1. The van der Waals surface area contributed by atoms with Crippen LogP contribution in [0.15, 0.2) is 11.0 Å². The van der Waals surface area contributed by atoms with E-state index in [0.29, 0.717) is 4.57 Å². The van der Waals surface area contributed by atoms with Crippen LogP contribution in [0.3, 0.4) is 0 Å².